The van der Waals surface area contributed by atoms with Crippen molar-refractivity contribution in [2.24, 2.45) is 5.92 Å². The SMILES string of the molecule is CC1CCC2(CC1)NC(=O)N(CC(=O)Nc1cccc(OCC(=O)Nc3ccccc3)c1)C2=O. The maximum atomic E-state index is 12.9. The number of ether oxygens (including phenoxy) is 1. The lowest BCUT2D eigenvalue weighted by Gasteiger charge is -2.33. The Morgan fingerprint density at radius 2 is 1.68 bits per heavy atom. The maximum absolute atomic E-state index is 12.9. The lowest BCUT2D eigenvalue weighted by Crippen LogP contribution is -2.49. The van der Waals surface area contributed by atoms with Crippen LogP contribution in [0.4, 0.5) is 16.2 Å². The van der Waals surface area contributed by atoms with Gasteiger partial charge in [0.1, 0.15) is 17.8 Å². The van der Waals surface area contributed by atoms with Crippen LogP contribution in [0.1, 0.15) is 32.6 Å². The molecule has 2 fully saturated rings. The lowest BCUT2D eigenvalue weighted by molar-refractivity contribution is -0.135. The van der Waals surface area contributed by atoms with Crippen LogP contribution in [0.3, 0.4) is 0 Å². The van der Waals surface area contributed by atoms with Crippen molar-refractivity contribution in [2.45, 2.75) is 38.1 Å². The molecule has 2 aromatic rings. The number of benzene rings is 2. The molecule has 1 heterocycles. The van der Waals surface area contributed by atoms with Gasteiger partial charge >= 0.3 is 6.03 Å². The maximum Gasteiger partial charge on any atom is 0.325 e. The smallest absolute Gasteiger partial charge is 0.325 e. The molecule has 0 radical (unpaired) electrons. The Bertz CT molecular complexity index is 1080. The molecular formula is C25H28N4O5. The third kappa shape index (κ3) is 5.36. The Labute approximate surface area is 197 Å². The molecule has 2 aliphatic rings. The first-order chi connectivity index (χ1) is 16.3. The third-order valence-corrected chi connectivity index (χ3v) is 6.22. The quantitative estimate of drug-likeness (QED) is 0.545. The van der Waals surface area contributed by atoms with Gasteiger partial charge < -0.3 is 20.7 Å². The number of imide groups is 1. The van der Waals surface area contributed by atoms with E-state index < -0.39 is 17.5 Å². The van der Waals surface area contributed by atoms with E-state index >= 15 is 0 Å². The molecule has 3 N–H and O–H groups in total. The van der Waals surface area contributed by atoms with Crippen molar-refractivity contribution in [3.63, 3.8) is 0 Å². The van der Waals surface area contributed by atoms with Crippen LogP contribution in [-0.4, -0.2) is 47.3 Å². The molecule has 4 rings (SSSR count). The van der Waals surface area contributed by atoms with Gasteiger partial charge in [-0.2, -0.15) is 0 Å². The number of carbonyl (C=O) groups excluding carboxylic acids is 4. The van der Waals surface area contributed by atoms with Crippen molar-refractivity contribution in [2.75, 3.05) is 23.8 Å². The van der Waals surface area contributed by atoms with E-state index in [2.05, 4.69) is 22.9 Å². The largest absolute Gasteiger partial charge is 0.484 e. The van der Waals surface area contributed by atoms with Gasteiger partial charge in [-0.15, -0.1) is 0 Å². The molecule has 9 heteroatoms. The zero-order valence-electron chi connectivity index (χ0n) is 19.0. The second-order valence-corrected chi connectivity index (χ2v) is 8.86. The van der Waals surface area contributed by atoms with E-state index in [9.17, 15) is 19.2 Å². The molecule has 0 unspecified atom stereocenters. The van der Waals surface area contributed by atoms with Gasteiger partial charge in [-0.25, -0.2) is 4.79 Å². The average molecular weight is 465 g/mol. The fraction of sp³-hybridized carbons (Fsp3) is 0.360. The van der Waals surface area contributed by atoms with E-state index in [0.29, 0.717) is 35.9 Å². The minimum atomic E-state index is -0.877. The molecule has 2 aromatic carbocycles. The summed E-state index contributed by atoms with van der Waals surface area (Å²) in [5.41, 5.74) is 0.221. The summed E-state index contributed by atoms with van der Waals surface area (Å²) >= 11 is 0. The molecule has 9 nitrogen and oxygen atoms in total. The molecule has 1 saturated heterocycles. The highest BCUT2D eigenvalue weighted by atomic mass is 16.5. The summed E-state index contributed by atoms with van der Waals surface area (Å²) < 4.78 is 5.52. The molecule has 5 amide bonds. The summed E-state index contributed by atoms with van der Waals surface area (Å²) in [4.78, 5) is 51.0. The van der Waals surface area contributed by atoms with Crippen LogP contribution in [0.5, 0.6) is 5.75 Å². The predicted octanol–water partition coefficient (Wildman–Crippen LogP) is 3.14. The Kier molecular flexibility index (Phi) is 6.81. The van der Waals surface area contributed by atoms with Crippen LogP contribution in [0.2, 0.25) is 0 Å². The minimum Gasteiger partial charge on any atom is -0.484 e. The van der Waals surface area contributed by atoms with E-state index in [4.69, 9.17) is 4.74 Å². The van der Waals surface area contributed by atoms with Gasteiger partial charge in [0.05, 0.1) is 0 Å². The second kappa shape index (κ2) is 9.94. The highest BCUT2D eigenvalue weighted by Crippen LogP contribution is 2.36. The number of amides is 5. The van der Waals surface area contributed by atoms with E-state index in [1.807, 2.05) is 18.2 Å². The average Bonchev–Trinajstić information content (AvgIpc) is 3.05. The molecule has 34 heavy (non-hydrogen) atoms. The zero-order chi connectivity index (χ0) is 24.1. The van der Waals surface area contributed by atoms with Gasteiger partial charge in [-0.1, -0.05) is 31.2 Å². The second-order valence-electron chi connectivity index (χ2n) is 8.86. The number of hydrogen-bond acceptors (Lipinski definition) is 5. The van der Waals surface area contributed by atoms with E-state index in [-0.39, 0.29) is 25.0 Å². The van der Waals surface area contributed by atoms with Crippen LogP contribution in [-0.2, 0) is 14.4 Å². The predicted molar refractivity (Wildman–Crippen MR) is 126 cm³/mol. The number of rotatable bonds is 7. The number of carbonyl (C=O) groups is 4. The summed E-state index contributed by atoms with van der Waals surface area (Å²) in [6, 6.07) is 15.1. The normalized spacial score (nSPS) is 21.8. The summed E-state index contributed by atoms with van der Waals surface area (Å²) in [6.45, 7) is 1.56. The number of anilines is 2. The van der Waals surface area contributed by atoms with E-state index in [1.54, 1.807) is 36.4 Å². The first kappa shape index (κ1) is 23.3. The van der Waals surface area contributed by atoms with Crippen LogP contribution in [0.15, 0.2) is 54.6 Å². The van der Waals surface area contributed by atoms with Crippen molar-refractivity contribution in [3.05, 3.63) is 54.6 Å². The molecule has 1 aliphatic heterocycles. The highest BCUT2D eigenvalue weighted by Gasteiger charge is 2.52. The number of hydrogen-bond donors (Lipinski definition) is 3. The molecule has 1 aliphatic carbocycles. The first-order valence-corrected chi connectivity index (χ1v) is 11.4. The Morgan fingerprint density at radius 3 is 2.41 bits per heavy atom. The summed E-state index contributed by atoms with van der Waals surface area (Å²) in [6.07, 6.45) is 2.91. The van der Waals surface area contributed by atoms with Crippen molar-refractivity contribution in [1.82, 2.24) is 10.2 Å². The fourth-order valence-electron chi connectivity index (χ4n) is 4.29. The number of nitrogens with one attached hydrogen (secondary N) is 3. The van der Waals surface area contributed by atoms with Gasteiger partial charge in [-0.3, -0.25) is 19.3 Å². The molecule has 1 spiro atoms. The van der Waals surface area contributed by atoms with Gasteiger partial charge in [-0.05, 0) is 55.9 Å². The topological polar surface area (TPSA) is 117 Å². The van der Waals surface area contributed by atoms with Crippen LogP contribution >= 0.6 is 0 Å². The van der Waals surface area contributed by atoms with Crippen LogP contribution in [0.25, 0.3) is 0 Å². The van der Waals surface area contributed by atoms with Crippen LogP contribution in [0, 0.1) is 5.92 Å². The summed E-state index contributed by atoms with van der Waals surface area (Å²) in [5, 5.41) is 8.22. The molecule has 1 saturated carbocycles. The molecule has 0 atom stereocenters. The number of para-hydroxylation sites is 1. The number of urea groups is 1. The molecule has 0 aromatic heterocycles. The minimum absolute atomic E-state index is 0.199. The van der Waals surface area contributed by atoms with Crippen LogP contribution < -0.4 is 20.7 Å². The van der Waals surface area contributed by atoms with E-state index in [1.165, 1.54) is 0 Å². The van der Waals surface area contributed by atoms with Gasteiger partial charge in [0.25, 0.3) is 11.8 Å². The monoisotopic (exact) mass is 464 g/mol. The molecule has 178 valence electrons. The van der Waals surface area contributed by atoms with Crippen molar-refractivity contribution in [1.29, 1.82) is 0 Å². The Balaban J connectivity index is 1.30. The van der Waals surface area contributed by atoms with E-state index in [0.717, 1.165) is 17.7 Å². The van der Waals surface area contributed by atoms with Gasteiger partial charge in [0, 0.05) is 17.4 Å². The fourth-order valence-corrected chi connectivity index (χ4v) is 4.29. The number of nitrogens with zero attached hydrogens (tertiary/aromatic N) is 1. The summed E-state index contributed by atoms with van der Waals surface area (Å²) in [7, 11) is 0. The summed E-state index contributed by atoms with van der Waals surface area (Å²) in [5.74, 6) is -0.229. The Morgan fingerprint density at radius 1 is 1.00 bits per heavy atom. The molecule has 0 bridgehead atoms. The van der Waals surface area contributed by atoms with Gasteiger partial charge in [0.15, 0.2) is 6.61 Å². The standard InChI is InChI=1S/C25H28N4O5/c1-17-10-12-25(13-11-17)23(32)29(24(33)28-25)15-21(30)27-19-8-5-9-20(14-19)34-16-22(31)26-18-6-3-2-4-7-18/h2-9,14,17H,10-13,15-16H2,1H3,(H,26,31)(H,27,30)(H,28,33). The van der Waals surface area contributed by atoms with Gasteiger partial charge in [0.2, 0.25) is 5.91 Å². The first-order valence-electron chi connectivity index (χ1n) is 11.4. The van der Waals surface area contributed by atoms with Crippen molar-refractivity contribution >= 4 is 35.1 Å². The molecular weight excluding hydrogens is 436 g/mol. The van der Waals surface area contributed by atoms with Crippen molar-refractivity contribution in [3.8, 4) is 5.75 Å². The van der Waals surface area contributed by atoms with Crippen molar-refractivity contribution < 1.29 is 23.9 Å². The third-order valence-electron chi connectivity index (χ3n) is 6.22. The Hall–Kier alpha value is -3.88. The zero-order valence-corrected chi connectivity index (χ0v) is 19.0. The highest BCUT2D eigenvalue weighted by molar-refractivity contribution is 6.10. The lowest BCUT2D eigenvalue weighted by atomic mass is 9.77.